The van der Waals surface area contributed by atoms with Gasteiger partial charge in [-0.15, -0.1) is 0 Å². The quantitative estimate of drug-likeness (QED) is 0.793. The smallest absolute Gasteiger partial charge is 0.231 e. The lowest BCUT2D eigenvalue weighted by molar-refractivity contribution is 0.0518. The molecule has 0 aliphatic heterocycles. The van der Waals surface area contributed by atoms with Gasteiger partial charge in [-0.3, -0.25) is 0 Å². The van der Waals surface area contributed by atoms with Gasteiger partial charge in [-0.2, -0.15) is 4.98 Å². The predicted molar refractivity (Wildman–Crippen MR) is 65.6 cm³/mol. The summed E-state index contributed by atoms with van der Waals surface area (Å²) in [5, 5.41) is 3.98. The maximum absolute atomic E-state index is 5.97. The van der Waals surface area contributed by atoms with Crippen LogP contribution in [0, 0.1) is 0 Å². The van der Waals surface area contributed by atoms with E-state index in [2.05, 4.69) is 10.1 Å². The first-order chi connectivity index (χ1) is 8.13. The normalized spacial score (nSPS) is 16.8. The highest BCUT2D eigenvalue weighted by Crippen LogP contribution is 2.22. The molecule has 98 valence electrons. The fourth-order valence-corrected chi connectivity index (χ4v) is 1.68. The predicted octanol–water partition coefficient (Wildman–Crippen LogP) is 2.40. The fourth-order valence-electron chi connectivity index (χ4n) is 1.68. The summed E-state index contributed by atoms with van der Waals surface area (Å²) in [5.74, 6) is 1.31. The van der Waals surface area contributed by atoms with Crippen LogP contribution in [-0.2, 0) is 4.74 Å². The number of rotatable bonds is 7. The van der Waals surface area contributed by atoms with Gasteiger partial charge < -0.3 is 15.0 Å². The molecule has 0 aliphatic carbocycles. The number of aromatic nitrogens is 2. The Kier molecular flexibility index (Phi) is 5.58. The molecule has 1 aromatic rings. The van der Waals surface area contributed by atoms with Gasteiger partial charge >= 0.3 is 0 Å². The lowest BCUT2D eigenvalue weighted by atomic mass is 10.0. The molecule has 0 saturated carbocycles. The molecule has 0 aliphatic rings. The Labute approximate surface area is 103 Å². The maximum atomic E-state index is 5.97. The Bertz CT molecular complexity index is 311. The van der Waals surface area contributed by atoms with Crippen molar-refractivity contribution in [3.63, 3.8) is 0 Å². The van der Waals surface area contributed by atoms with Crippen molar-refractivity contribution in [1.29, 1.82) is 0 Å². The van der Waals surface area contributed by atoms with Gasteiger partial charge in [0.15, 0.2) is 0 Å². The van der Waals surface area contributed by atoms with Crippen molar-refractivity contribution in [1.82, 2.24) is 10.1 Å². The van der Waals surface area contributed by atoms with Crippen molar-refractivity contribution in [3.8, 4) is 0 Å². The van der Waals surface area contributed by atoms with Crippen LogP contribution in [0.15, 0.2) is 4.52 Å². The molecule has 1 aromatic heterocycles. The molecule has 17 heavy (non-hydrogen) atoms. The van der Waals surface area contributed by atoms with Gasteiger partial charge in [0.25, 0.3) is 0 Å². The standard InChI is InChI=1S/C12H23N3O2/c1-5-9(13)8(4)12-14-11(15-17-12)10(6-2)16-7-3/h8-10H,5-7,13H2,1-4H3. The van der Waals surface area contributed by atoms with Crippen molar-refractivity contribution >= 4 is 0 Å². The second-order valence-corrected chi connectivity index (χ2v) is 4.20. The molecule has 3 atom stereocenters. The Balaban J connectivity index is 2.76. The van der Waals surface area contributed by atoms with E-state index in [0.717, 1.165) is 12.8 Å². The summed E-state index contributed by atoms with van der Waals surface area (Å²) in [6, 6.07) is 0.0514. The van der Waals surface area contributed by atoms with E-state index < -0.39 is 0 Å². The Morgan fingerprint density at radius 1 is 1.29 bits per heavy atom. The van der Waals surface area contributed by atoms with E-state index >= 15 is 0 Å². The molecule has 0 saturated heterocycles. The molecule has 0 spiro atoms. The van der Waals surface area contributed by atoms with Crippen LogP contribution in [0.25, 0.3) is 0 Å². The Morgan fingerprint density at radius 3 is 2.53 bits per heavy atom. The lowest BCUT2D eigenvalue weighted by Crippen LogP contribution is -2.25. The highest BCUT2D eigenvalue weighted by atomic mass is 16.5. The third-order valence-electron chi connectivity index (χ3n) is 2.99. The minimum atomic E-state index is -0.0810. The molecule has 0 radical (unpaired) electrons. The Morgan fingerprint density at radius 2 is 2.00 bits per heavy atom. The van der Waals surface area contributed by atoms with E-state index in [0.29, 0.717) is 18.3 Å². The van der Waals surface area contributed by atoms with Gasteiger partial charge in [0.05, 0.1) is 5.92 Å². The third-order valence-corrected chi connectivity index (χ3v) is 2.99. The second kappa shape index (κ2) is 6.71. The molecule has 0 fully saturated rings. The number of ether oxygens (including phenoxy) is 1. The highest BCUT2D eigenvalue weighted by Gasteiger charge is 2.22. The van der Waals surface area contributed by atoms with E-state index in [-0.39, 0.29) is 18.1 Å². The molecule has 0 bridgehead atoms. The van der Waals surface area contributed by atoms with Crippen LogP contribution in [-0.4, -0.2) is 22.8 Å². The molecule has 5 heteroatoms. The first kappa shape index (κ1) is 14.1. The summed E-state index contributed by atoms with van der Waals surface area (Å²) in [4.78, 5) is 4.39. The van der Waals surface area contributed by atoms with Crippen LogP contribution >= 0.6 is 0 Å². The van der Waals surface area contributed by atoms with Gasteiger partial charge in [0.2, 0.25) is 11.7 Å². The summed E-state index contributed by atoms with van der Waals surface area (Å²) in [7, 11) is 0. The first-order valence-electron chi connectivity index (χ1n) is 6.34. The molecule has 2 N–H and O–H groups in total. The molecular formula is C12H23N3O2. The summed E-state index contributed by atoms with van der Waals surface area (Å²) in [6.45, 7) is 8.70. The molecular weight excluding hydrogens is 218 g/mol. The monoisotopic (exact) mass is 241 g/mol. The summed E-state index contributed by atoms with van der Waals surface area (Å²) in [6.07, 6.45) is 1.64. The zero-order chi connectivity index (χ0) is 12.8. The number of hydrogen-bond acceptors (Lipinski definition) is 5. The minimum absolute atomic E-state index is 0.0514. The Hall–Kier alpha value is -0.940. The van der Waals surface area contributed by atoms with Crippen LogP contribution in [0.1, 0.15) is 64.3 Å². The maximum Gasteiger partial charge on any atom is 0.231 e. The first-order valence-corrected chi connectivity index (χ1v) is 6.34. The largest absolute Gasteiger partial charge is 0.370 e. The van der Waals surface area contributed by atoms with E-state index in [1.165, 1.54) is 0 Å². The molecule has 3 unspecified atom stereocenters. The van der Waals surface area contributed by atoms with Crippen molar-refractivity contribution in [3.05, 3.63) is 11.7 Å². The van der Waals surface area contributed by atoms with Gasteiger partial charge in [-0.1, -0.05) is 25.9 Å². The van der Waals surface area contributed by atoms with Crippen LogP contribution in [0.2, 0.25) is 0 Å². The highest BCUT2D eigenvalue weighted by molar-refractivity contribution is 4.98. The summed E-state index contributed by atoms with van der Waals surface area (Å²) in [5.41, 5.74) is 5.97. The number of nitrogens with two attached hydrogens (primary N) is 1. The summed E-state index contributed by atoms with van der Waals surface area (Å²) >= 11 is 0. The lowest BCUT2D eigenvalue weighted by Gasteiger charge is -2.13. The van der Waals surface area contributed by atoms with Crippen LogP contribution in [0.5, 0.6) is 0 Å². The van der Waals surface area contributed by atoms with E-state index in [9.17, 15) is 0 Å². The number of hydrogen-bond donors (Lipinski definition) is 1. The van der Waals surface area contributed by atoms with Gasteiger partial charge in [-0.05, 0) is 19.8 Å². The molecule has 1 rings (SSSR count). The van der Waals surface area contributed by atoms with Crippen LogP contribution in [0.3, 0.4) is 0 Å². The second-order valence-electron chi connectivity index (χ2n) is 4.20. The molecule has 1 heterocycles. The minimum Gasteiger partial charge on any atom is -0.370 e. The van der Waals surface area contributed by atoms with E-state index in [1.54, 1.807) is 0 Å². The van der Waals surface area contributed by atoms with Gasteiger partial charge in [-0.25, -0.2) is 0 Å². The van der Waals surface area contributed by atoms with Gasteiger partial charge in [0.1, 0.15) is 6.10 Å². The SMILES string of the molecule is CCOC(CC)c1noc(C(C)C(N)CC)n1. The zero-order valence-electron chi connectivity index (χ0n) is 11.1. The number of nitrogens with zero attached hydrogens (tertiary/aromatic N) is 2. The zero-order valence-corrected chi connectivity index (χ0v) is 11.1. The van der Waals surface area contributed by atoms with Crippen molar-refractivity contribution < 1.29 is 9.26 Å². The van der Waals surface area contributed by atoms with Crippen LogP contribution < -0.4 is 5.73 Å². The van der Waals surface area contributed by atoms with Crippen molar-refractivity contribution in [2.24, 2.45) is 5.73 Å². The van der Waals surface area contributed by atoms with E-state index in [1.807, 2.05) is 27.7 Å². The molecule has 5 nitrogen and oxygen atoms in total. The van der Waals surface area contributed by atoms with E-state index in [4.69, 9.17) is 15.0 Å². The summed E-state index contributed by atoms with van der Waals surface area (Å²) < 4.78 is 10.8. The van der Waals surface area contributed by atoms with Crippen LogP contribution in [0.4, 0.5) is 0 Å². The average Bonchev–Trinajstić information content (AvgIpc) is 2.83. The molecule has 0 amide bonds. The topological polar surface area (TPSA) is 74.2 Å². The van der Waals surface area contributed by atoms with Crippen molar-refractivity contribution in [2.75, 3.05) is 6.61 Å². The van der Waals surface area contributed by atoms with Gasteiger partial charge in [0, 0.05) is 12.6 Å². The third kappa shape index (κ3) is 3.51. The average molecular weight is 241 g/mol. The molecule has 0 aromatic carbocycles. The van der Waals surface area contributed by atoms with Crippen molar-refractivity contribution in [2.45, 2.75) is 58.6 Å². The fraction of sp³-hybridized carbons (Fsp3) is 0.833.